The molecule has 0 radical (unpaired) electrons. The van der Waals surface area contributed by atoms with Crippen molar-refractivity contribution in [2.24, 2.45) is 23.7 Å². The van der Waals surface area contributed by atoms with Gasteiger partial charge in [-0.05, 0) is 49.4 Å². The quantitative estimate of drug-likeness (QED) is 0.0222. The Labute approximate surface area is 607 Å². The minimum absolute atomic E-state index is 0.106. The zero-order valence-electron chi connectivity index (χ0n) is 65.1. The molecule has 4 unspecified atom stereocenters. The van der Waals surface area contributed by atoms with Crippen molar-refractivity contribution in [2.45, 2.75) is 427 Å². The van der Waals surface area contributed by atoms with E-state index in [1.54, 1.807) is 0 Å². The molecule has 0 aromatic carbocycles. The Balaban J connectivity index is 5.23. The molecule has 0 aliphatic heterocycles. The summed E-state index contributed by atoms with van der Waals surface area (Å²) < 4.78 is 68.7. The first-order chi connectivity index (χ1) is 47.6. The third-order valence-electron chi connectivity index (χ3n) is 18.9. The number of unbranched alkanes of at least 4 members (excludes halogenated alkanes) is 42. The fourth-order valence-corrected chi connectivity index (χ4v) is 13.8. The monoisotopic (exact) mass is 1450 g/mol. The van der Waals surface area contributed by atoms with Gasteiger partial charge in [0.25, 0.3) is 0 Å². The Bertz CT molecular complexity index is 1940. The Morgan fingerprint density at radius 1 is 0.283 bits per heavy atom. The Kier molecular flexibility index (Phi) is 67.8. The molecule has 0 aromatic heterocycles. The molecule has 6 atom stereocenters. The van der Waals surface area contributed by atoms with Crippen molar-refractivity contribution >= 4 is 39.5 Å². The number of rotatable bonds is 77. The molecule has 0 rings (SSSR count). The van der Waals surface area contributed by atoms with Crippen LogP contribution in [-0.2, 0) is 65.4 Å². The van der Waals surface area contributed by atoms with E-state index in [9.17, 15) is 43.2 Å². The second kappa shape index (κ2) is 69.1. The number of hydrogen-bond donors (Lipinski definition) is 3. The second-order valence-corrected chi connectivity index (χ2v) is 33.4. The van der Waals surface area contributed by atoms with E-state index in [0.29, 0.717) is 31.6 Å². The Morgan fingerprint density at radius 3 is 0.717 bits per heavy atom. The summed E-state index contributed by atoms with van der Waals surface area (Å²) in [5.41, 5.74) is 0. The number of esters is 4. The molecule has 99 heavy (non-hydrogen) atoms. The van der Waals surface area contributed by atoms with Crippen molar-refractivity contribution in [2.75, 3.05) is 39.6 Å². The van der Waals surface area contributed by atoms with Gasteiger partial charge < -0.3 is 33.8 Å². The van der Waals surface area contributed by atoms with Crippen LogP contribution in [0, 0.1) is 23.7 Å². The van der Waals surface area contributed by atoms with Gasteiger partial charge in [0.05, 0.1) is 26.4 Å². The van der Waals surface area contributed by atoms with Gasteiger partial charge in [-0.15, -0.1) is 0 Å². The maximum absolute atomic E-state index is 13.1. The largest absolute Gasteiger partial charge is 0.472 e. The first-order valence-corrected chi connectivity index (χ1v) is 44.2. The molecular formula is C80H156O17P2. The van der Waals surface area contributed by atoms with Crippen LogP contribution < -0.4 is 0 Å². The summed E-state index contributed by atoms with van der Waals surface area (Å²) in [7, 11) is -9.92. The average Bonchev–Trinajstić information content (AvgIpc) is 0.972. The third-order valence-corrected chi connectivity index (χ3v) is 20.8. The van der Waals surface area contributed by atoms with Crippen molar-refractivity contribution in [3.8, 4) is 0 Å². The number of ether oxygens (including phenoxy) is 4. The molecule has 3 N–H and O–H groups in total. The van der Waals surface area contributed by atoms with Gasteiger partial charge in [0.1, 0.15) is 19.3 Å². The highest BCUT2D eigenvalue weighted by molar-refractivity contribution is 7.47. The minimum atomic E-state index is -4.96. The number of aliphatic hydroxyl groups excluding tert-OH is 1. The number of carbonyl (C=O) groups is 4. The van der Waals surface area contributed by atoms with E-state index in [4.69, 9.17) is 37.0 Å². The van der Waals surface area contributed by atoms with Gasteiger partial charge in [0.2, 0.25) is 0 Å². The number of hydrogen-bond acceptors (Lipinski definition) is 15. The summed E-state index contributed by atoms with van der Waals surface area (Å²) in [6.07, 6.45) is 55.5. The Morgan fingerprint density at radius 2 is 0.485 bits per heavy atom. The molecule has 0 saturated carbocycles. The maximum atomic E-state index is 13.1. The van der Waals surface area contributed by atoms with Crippen LogP contribution in [0.5, 0.6) is 0 Å². The lowest BCUT2D eigenvalue weighted by molar-refractivity contribution is -0.161. The number of carbonyl (C=O) groups excluding carboxylic acids is 4. The second-order valence-electron chi connectivity index (χ2n) is 30.5. The molecule has 588 valence electrons. The van der Waals surface area contributed by atoms with Crippen LogP contribution in [0.4, 0.5) is 0 Å². The molecule has 19 heteroatoms. The molecule has 17 nitrogen and oxygen atoms in total. The summed E-state index contributed by atoms with van der Waals surface area (Å²) >= 11 is 0. The van der Waals surface area contributed by atoms with E-state index in [0.717, 1.165) is 114 Å². The van der Waals surface area contributed by atoms with Gasteiger partial charge in [-0.1, -0.05) is 357 Å². The first kappa shape index (κ1) is 97.1. The minimum Gasteiger partial charge on any atom is -0.462 e. The lowest BCUT2D eigenvalue weighted by Crippen LogP contribution is -2.30. The SMILES string of the molecule is CCC(C)CCCCCCCCCCCCCCCCC(=O)O[C@H](COC(=O)CCCCCCCCCCCCCCC(C)C)COP(=O)(O)OCC(O)COP(=O)(O)OC[C@@H](COC(=O)CCCCCCCCC(C)C)OC(=O)CCCCCCCCCCCCCCCCC(C)C. The van der Waals surface area contributed by atoms with Gasteiger partial charge in [-0.2, -0.15) is 0 Å². The highest BCUT2D eigenvalue weighted by atomic mass is 31.2. The van der Waals surface area contributed by atoms with Crippen LogP contribution in [0.3, 0.4) is 0 Å². The van der Waals surface area contributed by atoms with Crippen LogP contribution >= 0.6 is 15.6 Å². The number of phosphoric ester groups is 2. The average molecular weight is 1450 g/mol. The summed E-state index contributed by atoms with van der Waals surface area (Å²) in [6, 6.07) is 0. The van der Waals surface area contributed by atoms with Crippen molar-refractivity contribution in [1.29, 1.82) is 0 Å². The highest BCUT2D eigenvalue weighted by Gasteiger charge is 2.30. The predicted molar refractivity (Wildman–Crippen MR) is 404 cm³/mol. The highest BCUT2D eigenvalue weighted by Crippen LogP contribution is 2.45. The van der Waals surface area contributed by atoms with E-state index < -0.39 is 97.5 Å². The fourth-order valence-electron chi connectivity index (χ4n) is 12.2. The molecular weight excluding hydrogens is 1290 g/mol. The zero-order valence-corrected chi connectivity index (χ0v) is 66.9. The van der Waals surface area contributed by atoms with E-state index in [-0.39, 0.29) is 25.7 Å². The molecule has 0 aliphatic rings. The molecule has 0 aromatic rings. The maximum Gasteiger partial charge on any atom is 0.472 e. The van der Waals surface area contributed by atoms with Crippen LogP contribution in [0.1, 0.15) is 409 Å². The van der Waals surface area contributed by atoms with E-state index in [1.165, 1.54) is 205 Å². The molecule has 0 amide bonds. The van der Waals surface area contributed by atoms with E-state index >= 15 is 0 Å². The standard InChI is InChI=1S/C80H156O17P2/c1-9-73(8)59-51-43-34-28-22-15-11-13-17-25-31-37-47-55-62-79(84)96-75(66-90-77(82)60-52-44-35-29-23-19-18-21-27-33-41-49-57-71(4)5)68-94-98(86,87)92-64-74(81)65-93-99(88,89)95-69-76(67-91-78(83)61-53-45-39-38-42-50-58-72(6)7)97-80(85)63-54-46-36-30-24-16-12-10-14-20-26-32-40-48-56-70(2)3/h70-76,81H,9-69H2,1-8H3,(H,86,87)(H,88,89)/t73?,74?,75-,76-/m1/s1. The van der Waals surface area contributed by atoms with Gasteiger partial charge >= 0.3 is 39.5 Å². The van der Waals surface area contributed by atoms with E-state index in [2.05, 4.69) is 55.4 Å². The van der Waals surface area contributed by atoms with Crippen LogP contribution in [0.25, 0.3) is 0 Å². The smallest absolute Gasteiger partial charge is 0.462 e. The lowest BCUT2D eigenvalue weighted by Gasteiger charge is -2.21. The van der Waals surface area contributed by atoms with Crippen molar-refractivity contribution in [3.63, 3.8) is 0 Å². The fraction of sp³-hybridized carbons (Fsp3) is 0.950. The van der Waals surface area contributed by atoms with Gasteiger partial charge in [-0.25, -0.2) is 9.13 Å². The predicted octanol–water partition coefficient (Wildman–Crippen LogP) is 23.6. The summed E-state index contributed by atoms with van der Waals surface area (Å²) in [6.45, 7) is 14.2. The Hall–Kier alpha value is -1.94. The van der Waals surface area contributed by atoms with Crippen molar-refractivity contribution in [1.82, 2.24) is 0 Å². The van der Waals surface area contributed by atoms with Crippen molar-refractivity contribution in [3.05, 3.63) is 0 Å². The van der Waals surface area contributed by atoms with Gasteiger partial charge in [-0.3, -0.25) is 37.3 Å². The molecule has 0 spiro atoms. The van der Waals surface area contributed by atoms with Gasteiger partial charge in [0.15, 0.2) is 12.2 Å². The summed E-state index contributed by atoms with van der Waals surface area (Å²) in [4.78, 5) is 73.0. The zero-order chi connectivity index (χ0) is 73.1. The topological polar surface area (TPSA) is 237 Å². The normalized spacial score (nSPS) is 14.3. The van der Waals surface area contributed by atoms with Crippen molar-refractivity contribution < 1.29 is 80.2 Å². The van der Waals surface area contributed by atoms with Crippen LogP contribution in [-0.4, -0.2) is 96.7 Å². The molecule has 0 saturated heterocycles. The van der Waals surface area contributed by atoms with Crippen LogP contribution in [0.15, 0.2) is 0 Å². The third kappa shape index (κ3) is 72.8. The first-order valence-electron chi connectivity index (χ1n) is 41.2. The molecule has 0 heterocycles. The number of phosphoric acid groups is 2. The van der Waals surface area contributed by atoms with E-state index in [1.807, 2.05) is 0 Å². The molecule has 0 bridgehead atoms. The lowest BCUT2D eigenvalue weighted by atomic mass is 9.99. The summed E-state index contributed by atoms with van der Waals surface area (Å²) in [5.74, 6) is 0.986. The molecule has 0 aliphatic carbocycles. The number of aliphatic hydroxyl groups is 1. The van der Waals surface area contributed by atoms with Crippen LogP contribution in [0.2, 0.25) is 0 Å². The van der Waals surface area contributed by atoms with Gasteiger partial charge in [0, 0.05) is 25.7 Å². The summed E-state index contributed by atoms with van der Waals surface area (Å²) in [5, 5.41) is 10.6. The molecule has 0 fully saturated rings.